The molecular formula is C15H23BrN2O. The molecular weight excluding hydrogens is 304 g/mol. The molecule has 0 aromatic heterocycles. The molecule has 1 heterocycles. The van der Waals surface area contributed by atoms with Crippen LogP contribution >= 0.6 is 15.9 Å². The third kappa shape index (κ3) is 3.50. The number of halogens is 1. The maximum atomic E-state index is 9.60. The number of nitrogens with two attached hydrogens (primary N) is 1. The molecule has 0 aliphatic carbocycles. The summed E-state index contributed by atoms with van der Waals surface area (Å²) in [5.74, 6) is 0. The number of aliphatic hydroxyl groups is 1. The van der Waals surface area contributed by atoms with Crippen LogP contribution in [0.3, 0.4) is 0 Å². The lowest BCUT2D eigenvalue weighted by Crippen LogP contribution is -2.37. The topological polar surface area (TPSA) is 49.5 Å². The lowest BCUT2D eigenvalue weighted by Gasteiger charge is -2.32. The second-order valence-electron chi connectivity index (χ2n) is 5.38. The first-order chi connectivity index (χ1) is 9.13. The summed E-state index contributed by atoms with van der Waals surface area (Å²) in [5, 5.41) is 9.60. The smallest absolute Gasteiger partial charge is 0.0635 e. The number of hydrogen-bond acceptors (Lipinski definition) is 3. The zero-order valence-corrected chi connectivity index (χ0v) is 13.1. The zero-order chi connectivity index (χ0) is 13.8. The van der Waals surface area contributed by atoms with Gasteiger partial charge in [-0.1, -0.05) is 18.9 Å². The van der Waals surface area contributed by atoms with Crippen molar-refractivity contribution < 1.29 is 5.11 Å². The minimum Gasteiger partial charge on any atom is -0.394 e. The van der Waals surface area contributed by atoms with Gasteiger partial charge in [0, 0.05) is 17.1 Å². The molecule has 1 fully saturated rings. The van der Waals surface area contributed by atoms with E-state index in [1.165, 1.54) is 24.9 Å². The van der Waals surface area contributed by atoms with Crippen LogP contribution in [0.25, 0.3) is 0 Å². The fourth-order valence-corrected chi connectivity index (χ4v) is 3.35. The molecule has 1 aromatic carbocycles. The van der Waals surface area contributed by atoms with E-state index in [4.69, 9.17) is 5.73 Å². The van der Waals surface area contributed by atoms with Gasteiger partial charge in [-0.2, -0.15) is 0 Å². The van der Waals surface area contributed by atoms with Crippen LogP contribution in [0.4, 0.5) is 5.69 Å². The summed E-state index contributed by atoms with van der Waals surface area (Å²) in [6.45, 7) is 3.23. The Bertz CT molecular complexity index is 423. The first kappa shape index (κ1) is 14.8. The van der Waals surface area contributed by atoms with Gasteiger partial charge in [0.1, 0.15) is 0 Å². The number of benzene rings is 1. The summed E-state index contributed by atoms with van der Waals surface area (Å²) in [7, 11) is 0. The van der Waals surface area contributed by atoms with E-state index in [1.54, 1.807) is 0 Å². The van der Waals surface area contributed by atoms with Crippen molar-refractivity contribution >= 4 is 21.6 Å². The molecule has 0 amide bonds. The maximum absolute atomic E-state index is 9.60. The SMILES string of the molecule is C[C@@H](N)c1ccc(N2CCCCCC2CO)c(Br)c1. The van der Waals surface area contributed by atoms with Crippen LogP contribution < -0.4 is 10.6 Å². The van der Waals surface area contributed by atoms with Gasteiger partial charge in [-0.25, -0.2) is 0 Å². The van der Waals surface area contributed by atoms with Gasteiger partial charge in [-0.15, -0.1) is 0 Å². The number of anilines is 1. The van der Waals surface area contributed by atoms with E-state index in [1.807, 2.05) is 6.92 Å². The molecule has 0 saturated carbocycles. The number of nitrogens with zero attached hydrogens (tertiary/aromatic N) is 1. The second-order valence-corrected chi connectivity index (χ2v) is 6.23. The number of hydrogen-bond donors (Lipinski definition) is 2. The van der Waals surface area contributed by atoms with Crippen molar-refractivity contribution in [3.8, 4) is 0 Å². The first-order valence-corrected chi connectivity index (χ1v) is 7.85. The summed E-state index contributed by atoms with van der Waals surface area (Å²) < 4.78 is 1.07. The van der Waals surface area contributed by atoms with Crippen molar-refractivity contribution in [3.63, 3.8) is 0 Å². The molecule has 0 radical (unpaired) electrons. The molecule has 0 spiro atoms. The van der Waals surface area contributed by atoms with Gasteiger partial charge >= 0.3 is 0 Å². The highest BCUT2D eigenvalue weighted by Crippen LogP contribution is 2.32. The Kier molecular flexibility index (Phi) is 5.25. The van der Waals surface area contributed by atoms with Crippen molar-refractivity contribution in [2.75, 3.05) is 18.1 Å². The monoisotopic (exact) mass is 326 g/mol. The van der Waals surface area contributed by atoms with Gasteiger partial charge in [0.15, 0.2) is 0 Å². The van der Waals surface area contributed by atoms with E-state index < -0.39 is 0 Å². The lowest BCUT2D eigenvalue weighted by molar-refractivity contribution is 0.255. The van der Waals surface area contributed by atoms with Crippen LogP contribution in [-0.2, 0) is 0 Å². The molecule has 1 aromatic rings. The fraction of sp³-hybridized carbons (Fsp3) is 0.600. The second kappa shape index (κ2) is 6.73. The first-order valence-electron chi connectivity index (χ1n) is 7.06. The highest BCUT2D eigenvalue weighted by atomic mass is 79.9. The normalized spacial score (nSPS) is 22.1. The van der Waals surface area contributed by atoms with Crippen molar-refractivity contribution in [1.82, 2.24) is 0 Å². The summed E-state index contributed by atoms with van der Waals surface area (Å²) in [6, 6.07) is 6.59. The standard InChI is InChI=1S/C15H23BrN2O/c1-11(17)12-6-7-15(14(16)9-12)18-8-4-2-3-5-13(18)10-19/h6-7,9,11,13,19H,2-5,8,10,17H2,1H3/t11-,13?/m1/s1. The molecule has 1 aliphatic rings. The van der Waals surface area contributed by atoms with Crippen LogP contribution in [-0.4, -0.2) is 24.3 Å². The van der Waals surface area contributed by atoms with Crippen LogP contribution in [0.2, 0.25) is 0 Å². The third-order valence-electron chi connectivity index (χ3n) is 3.89. The van der Waals surface area contributed by atoms with Gasteiger partial charge in [0.05, 0.1) is 18.3 Å². The van der Waals surface area contributed by atoms with Gasteiger partial charge in [0.2, 0.25) is 0 Å². The molecule has 2 rings (SSSR count). The Balaban J connectivity index is 2.28. The Morgan fingerprint density at radius 1 is 1.42 bits per heavy atom. The molecule has 1 saturated heterocycles. The van der Waals surface area contributed by atoms with Gasteiger partial charge < -0.3 is 15.7 Å². The van der Waals surface area contributed by atoms with E-state index in [0.717, 1.165) is 23.0 Å². The molecule has 0 bridgehead atoms. The Morgan fingerprint density at radius 3 is 2.84 bits per heavy atom. The summed E-state index contributed by atoms with van der Waals surface area (Å²) >= 11 is 3.65. The van der Waals surface area contributed by atoms with E-state index in [0.29, 0.717) is 0 Å². The minimum absolute atomic E-state index is 0.0446. The fourth-order valence-electron chi connectivity index (χ4n) is 2.72. The van der Waals surface area contributed by atoms with E-state index in [2.05, 4.69) is 39.0 Å². The van der Waals surface area contributed by atoms with E-state index in [9.17, 15) is 5.11 Å². The summed E-state index contributed by atoms with van der Waals surface area (Å²) in [5.41, 5.74) is 8.22. The molecule has 2 atom stereocenters. The van der Waals surface area contributed by atoms with Crippen LogP contribution in [0.1, 0.15) is 44.2 Å². The minimum atomic E-state index is 0.0446. The highest BCUT2D eigenvalue weighted by Gasteiger charge is 2.22. The van der Waals surface area contributed by atoms with Crippen molar-refractivity contribution in [1.29, 1.82) is 0 Å². The molecule has 1 aliphatic heterocycles. The molecule has 3 N–H and O–H groups in total. The predicted molar refractivity (Wildman–Crippen MR) is 83.4 cm³/mol. The van der Waals surface area contributed by atoms with E-state index in [-0.39, 0.29) is 18.7 Å². The van der Waals surface area contributed by atoms with Gasteiger partial charge in [0.25, 0.3) is 0 Å². The highest BCUT2D eigenvalue weighted by molar-refractivity contribution is 9.10. The molecule has 19 heavy (non-hydrogen) atoms. The average molecular weight is 327 g/mol. The maximum Gasteiger partial charge on any atom is 0.0635 e. The molecule has 106 valence electrons. The van der Waals surface area contributed by atoms with Gasteiger partial charge in [-0.05, 0) is 53.4 Å². The van der Waals surface area contributed by atoms with E-state index >= 15 is 0 Å². The quantitative estimate of drug-likeness (QED) is 0.896. The summed E-state index contributed by atoms with van der Waals surface area (Å²) in [4.78, 5) is 2.34. The van der Waals surface area contributed by atoms with Crippen molar-refractivity contribution in [3.05, 3.63) is 28.2 Å². The van der Waals surface area contributed by atoms with Crippen LogP contribution in [0.15, 0.2) is 22.7 Å². The average Bonchev–Trinajstić information content (AvgIpc) is 2.63. The number of aliphatic hydroxyl groups excluding tert-OH is 1. The summed E-state index contributed by atoms with van der Waals surface area (Å²) in [6.07, 6.45) is 4.72. The van der Waals surface area contributed by atoms with Crippen LogP contribution in [0.5, 0.6) is 0 Å². The Labute approximate surface area is 123 Å². The van der Waals surface area contributed by atoms with Gasteiger partial charge in [-0.3, -0.25) is 0 Å². The van der Waals surface area contributed by atoms with Crippen molar-refractivity contribution in [2.24, 2.45) is 5.73 Å². The lowest BCUT2D eigenvalue weighted by atomic mass is 10.1. The molecule has 3 nitrogen and oxygen atoms in total. The molecule has 1 unspecified atom stereocenters. The largest absolute Gasteiger partial charge is 0.394 e. The third-order valence-corrected chi connectivity index (χ3v) is 4.53. The predicted octanol–water partition coefficient (Wildman–Crippen LogP) is 3.21. The Hall–Kier alpha value is -0.580. The Morgan fingerprint density at radius 2 is 2.21 bits per heavy atom. The van der Waals surface area contributed by atoms with Crippen LogP contribution in [0, 0.1) is 0 Å². The molecule has 4 heteroatoms. The van der Waals surface area contributed by atoms with Crippen molar-refractivity contribution in [2.45, 2.75) is 44.7 Å². The number of rotatable bonds is 3. The zero-order valence-electron chi connectivity index (χ0n) is 11.5.